The number of alkyl halides is 6. The number of hydrazine groups is 1. The molecule has 1 N–H and O–H groups in total. The van der Waals surface area contributed by atoms with Gasteiger partial charge in [0.25, 0.3) is 0 Å². The standard InChI is InChI=1S/C24H25F6N3O/c1-14(16-9-17(23(25,26)27)11-18(10-16)24(28,29)30)32(3)21(34)22-12-19(22)13-33(31-2)20(22)15-7-5-4-6-8-15/h4-11,14,19-20,31H,12-13H2,1-3H3/t14-,19+,20-,22+/m0/s1. The highest BCUT2D eigenvalue weighted by Gasteiger charge is 2.71. The summed E-state index contributed by atoms with van der Waals surface area (Å²) in [4.78, 5) is 15.0. The Morgan fingerprint density at radius 1 is 1.06 bits per heavy atom. The van der Waals surface area contributed by atoms with Crippen LogP contribution in [0.1, 0.15) is 47.7 Å². The van der Waals surface area contributed by atoms with E-state index in [1.807, 2.05) is 35.3 Å². The largest absolute Gasteiger partial charge is 0.416 e. The zero-order valence-corrected chi connectivity index (χ0v) is 18.8. The predicted molar refractivity (Wildman–Crippen MR) is 113 cm³/mol. The van der Waals surface area contributed by atoms with Gasteiger partial charge in [0.15, 0.2) is 0 Å². The summed E-state index contributed by atoms with van der Waals surface area (Å²) in [6.45, 7) is 2.07. The summed E-state index contributed by atoms with van der Waals surface area (Å²) in [5, 5.41) is 1.96. The number of hydrogen-bond acceptors (Lipinski definition) is 3. The van der Waals surface area contributed by atoms with Crippen molar-refractivity contribution in [2.45, 2.75) is 37.8 Å². The summed E-state index contributed by atoms with van der Waals surface area (Å²) >= 11 is 0. The summed E-state index contributed by atoms with van der Waals surface area (Å²) in [6.07, 6.45) is -9.29. The van der Waals surface area contributed by atoms with E-state index in [2.05, 4.69) is 5.43 Å². The summed E-state index contributed by atoms with van der Waals surface area (Å²) in [5.41, 5.74) is 0.245. The number of hydrogen-bond donors (Lipinski definition) is 1. The minimum Gasteiger partial charge on any atom is -0.338 e. The van der Waals surface area contributed by atoms with Crippen LogP contribution in [-0.2, 0) is 17.1 Å². The second-order valence-electron chi connectivity index (χ2n) is 9.06. The van der Waals surface area contributed by atoms with Crippen molar-refractivity contribution >= 4 is 5.91 Å². The van der Waals surface area contributed by atoms with E-state index in [-0.39, 0.29) is 29.5 Å². The molecule has 1 aliphatic carbocycles. The van der Waals surface area contributed by atoms with E-state index in [1.165, 1.54) is 18.9 Å². The number of fused-ring (bicyclic) bond motifs is 1. The molecule has 184 valence electrons. The predicted octanol–water partition coefficient (Wildman–Crippen LogP) is 5.44. The molecule has 10 heteroatoms. The minimum absolute atomic E-state index is 0.0413. The Kier molecular flexibility index (Phi) is 5.96. The fourth-order valence-corrected chi connectivity index (χ4v) is 5.19. The molecule has 2 aliphatic rings. The fraction of sp³-hybridized carbons (Fsp3) is 0.458. The molecule has 0 radical (unpaired) electrons. The van der Waals surface area contributed by atoms with E-state index in [9.17, 15) is 31.1 Å². The van der Waals surface area contributed by atoms with Gasteiger partial charge in [0.2, 0.25) is 5.91 Å². The number of halogens is 6. The molecule has 0 unspecified atom stereocenters. The molecule has 0 spiro atoms. The zero-order valence-electron chi connectivity index (χ0n) is 18.8. The molecule has 2 fully saturated rings. The number of carbonyl (C=O) groups is 1. The van der Waals surface area contributed by atoms with Crippen molar-refractivity contribution in [1.82, 2.24) is 15.3 Å². The van der Waals surface area contributed by atoms with Crippen molar-refractivity contribution in [3.63, 3.8) is 0 Å². The van der Waals surface area contributed by atoms with Crippen LogP contribution in [0.3, 0.4) is 0 Å². The maximum Gasteiger partial charge on any atom is 0.416 e. The summed E-state index contributed by atoms with van der Waals surface area (Å²) < 4.78 is 80.0. The second kappa shape index (κ2) is 8.27. The molecule has 4 atom stereocenters. The van der Waals surface area contributed by atoms with Crippen LogP contribution in [0.2, 0.25) is 0 Å². The first kappa shape index (κ1) is 24.5. The Morgan fingerprint density at radius 2 is 1.62 bits per heavy atom. The van der Waals surface area contributed by atoms with Gasteiger partial charge in [0, 0.05) is 13.6 Å². The Balaban J connectivity index is 1.68. The second-order valence-corrected chi connectivity index (χ2v) is 9.06. The van der Waals surface area contributed by atoms with Gasteiger partial charge < -0.3 is 4.90 Å². The van der Waals surface area contributed by atoms with Gasteiger partial charge in [-0.05, 0) is 55.6 Å². The fourth-order valence-electron chi connectivity index (χ4n) is 5.19. The van der Waals surface area contributed by atoms with Gasteiger partial charge in [0.05, 0.1) is 28.6 Å². The molecule has 34 heavy (non-hydrogen) atoms. The van der Waals surface area contributed by atoms with Crippen molar-refractivity contribution in [2.75, 3.05) is 20.6 Å². The van der Waals surface area contributed by atoms with Crippen molar-refractivity contribution in [3.8, 4) is 0 Å². The van der Waals surface area contributed by atoms with E-state index in [0.29, 0.717) is 25.1 Å². The van der Waals surface area contributed by atoms with E-state index in [0.717, 1.165) is 5.56 Å². The first-order valence-electron chi connectivity index (χ1n) is 10.9. The highest BCUT2D eigenvalue weighted by molar-refractivity contribution is 5.88. The lowest BCUT2D eigenvalue weighted by molar-refractivity contribution is -0.143. The molecule has 4 nitrogen and oxygen atoms in total. The molecule has 2 aromatic rings. The van der Waals surface area contributed by atoms with Crippen LogP contribution in [0, 0.1) is 11.3 Å². The van der Waals surface area contributed by atoms with Gasteiger partial charge >= 0.3 is 12.4 Å². The monoisotopic (exact) mass is 485 g/mol. The maximum atomic E-state index is 13.8. The van der Waals surface area contributed by atoms with Gasteiger partial charge in [-0.25, -0.2) is 5.01 Å². The molecule has 4 rings (SSSR count). The molecule has 2 aromatic carbocycles. The van der Waals surface area contributed by atoms with Crippen molar-refractivity contribution < 1.29 is 31.1 Å². The lowest BCUT2D eigenvalue weighted by Gasteiger charge is -2.35. The topological polar surface area (TPSA) is 35.6 Å². The van der Waals surface area contributed by atoms with Crippen LogP contribution in [-0.4, -0.2) is 36.5 Å². The molecule has 0 aromatic heterocycles. The smallest absolute Gasteiger partial charge is 0.338 e. The first-order chi connectivity index (χ1) is 15.8. The van der Waals surface area contributed by atoms with Crippen LogP contribution in [0.4, 0.5) is 26.3 Å². The van der Waals surface area contributed by atoms with Gasteiger partial charge in [-0.3, -0.25) is 10.2 Å². The van der Waals surface area contributed by atoms with E-state index in [1.54, 1.807) is 7.05 Å². The van der Waals surface area contributed by atoms with Crippen LogP contribution >= 0.6 is 0 Å². The van der Waals surface area contributed by atoms with E-state index in [4.69, 9.17) is 0 Å². The summed E-state index contributed by atoms with van der Waals surface area (Å²) in [7, 11) is 3.20. The summed E-state index contributed by atoms with van der Waals surface area (Å²) in [6, 6.07) is 9.61. The molecule has 0 bridgehead atoms. The Hall–Kier alpha value is -2.59. The normalized spacial score (nSPS) is 25.7. The minimum atomic E-state index is -4.95. The van der Waals surface area contributed by atoms with E-state index < -0.39 is 34.9 Å². The lowest BCUT2D eigenvalue weighted by atomic mass is 9.88. The molecular formula is C24H25F6N3O. The van der Waals surface area contributed by atoms with Crippen molar-refractivity contribution in [2.24, 2.45) is 11.3 Å². The number of rotatable bonds is 5. The number of nitrogens with one attached hydrogen (secondary N) is 1. The van der Waals surface area contributed by atoms with Gasteiger partial charge in [-0.2, -0.15) is 26.3 Å². The van der Waals surface area contributed by atoms with Crippen LogP contribution in [0.25, 0.3) is 0 Å². The average Bonchev–Trinajstić information content (AvgIpc) is 3.41. The van der Waals surface area contributed by atoms with Gasteiger partial charge in [0.1, 0.15) is 0 Å². The number of carbonyl (C=O) groups excluding carboxylic acids is 1. The molecule has 1 heterocycles. The number of piperidine rings is 1. The third-order valence-electron chi connectivity index (χ3n) is 7.16. The highest BCUT2D eigenvalue weighted by atomic mass is 19.4. The maximum absolute atomic E-state index is 13.8. The highest BCUT2D eigenvalue weighted by Crippen LogP contribution is 2.67. The Bertz CT molecular complexity index is 1040. The molecular weight excluding hydrogens is 460 g/mol. The van der Waals surface area contributed by atoms with Crippen LogP contribution in [0.5, 0.6) is 0 Å². The Labute approximate surface area is 193 Å². The van der Waals surface area contributed by atoms with Gasteiger partial charge in [-0.1, -0.05) is 30.3 Å². The number of benzene rings is 2. The lowest BCUT2D eigenvalue weighted by Crippen LogP contribution is -2.44. The Morgan fingerprint density at radius 3 is 2.12 bits per heavy atom. The van der Waals surface area contributed by atoms with Crippen LogP contribution < -0.4 is 5.43 Å². The first-order valence-corrected chi connectivity index (χ1v) is 10.9. The number of amides is 1. The van der Waals surface area contributed by atoms with E-state index >= 15 is 0 Å². The van der Waals surface area contributed by atoms with Crippen LogP contribution in [0.15, 0.2) is 48.5 Å². The van der Waals surface area contributed by atoms with Crippen molar-refractivity contribution in [1.29, 1.82) is 0 Å². The van der Waals surface area contributed by atoms with Gasteiger partial charge in [-0.15, -0.1) is 0 Å². The molecule has 1 saturated carbocycles. The molecule has 1 aliphatic heterocycles. The quantitative estimate of drug-likeness (QED) is 0.573. The third kappa shape index (κ3) is 4.07. The number of nitrogens with zero attached hydrogens (tertiary/aromatic N) is 2. The average molecular weight is 485 g/mol. The summed E-state index contributed by atoms with van der Waals surface area (Å²) in [5.74, 6) is -0.248. The third-order valence-corrected chi connectivity index (χ3v) is 7.16. The van der Waals surface area contributed by atoms with Crippen molar-refractivity contribution in [3.05, 3.63) is 70.8 Å². The zero-order chi connectivity index (χ0) is 25.1. The molecule has 1 amide bonds. The molecule has 1 saturated heterocycles. The SMILES string of the molecule is CNN1C[C@H]2C[C@]2(C(=O)N(C)[C@@H](C)c2cc(C(F)(F)F)cc(C(F)(F)F)c2)[C@@H]1c1ccccc1.